The van der Waals surface area contributed by atoms with Gasteiger partial charge >= 0.3 is 0 Å². The molecular formula is C21H23ClN4O3S. The van der Waals surface area contributed by atoms with Gasteiger partial charge in [0.05, 0.1) is 12.9 Å². The van der Waals surface area contributed by atoms with Crippen molar-refractivity contribution in [1.29, 1.82) is 0 Å². The topological polar surface area (TPSA) is 78.3 Å². The van der Waals surface area contributed by atoms with Gasteiger partial charge in [0.15, 0.2) is 17.1 Å². The lowest BCUT2D eigenvalue weighted by Gasteiger charge is -2.15. The summed E-state index contributed by atoms with van der Waals surface area (Å²) >= 11 is 7.31. The minimum atomic E-state index is -0.327. The summed E-state index contributed by atoms with van der Waals surface area (Å²) in [4.78, 5) is 12.3. The van der Waals surface area contributed by atoms with Crippen LogP contribution in [0.4, 0.5) is 5.69 Å². The van der Waals surface area contributed by atoms with Crippen molar-refractivity contribution in [1.82, 2.24) is 14.8 Å². The van der Waals surface area contributed by atoms with E-state index in [1.807, 2.05) is 55.8 Å². The molecule has 0 aliphatic rings. The minimum absolute atomic E-state index is 0.143. The summed E-state index contributed by atoms with van der Waals surface area (Å²) in [7, 11) is 3.46. The summed E-state index contributed by atoms with van der Waals surface area (Å²) in [6.45, 7) is 3.81. The Labute approximate surface area is 184 Å². The monoisotopic (exact) mass is 446 g/mol. The van der Waals surface area contributed by atoms with Crippen LogP contribution in [0.3, 0.4) is 0 Å². The second-order valence-electron chi connectivity index (χ2n) is 6.63. The van der Waals surface area contributed by atoms with E-state index in [1.54, 1.807) is 19.2 Å². The molecule has 1 aromatic heterocycles. The number of nitrogens with zero attached hydrogens (tertiary/aromatic N) is 3. The molecule has 1 atom stereocenters. The summed E-state index contributed by atoms with van der Waals surface area (Å²) in [6.07, 6.45) is -0.327. The highest BCUT2D eigenvalue weighted by molar-refractivity contribution is 7.99. The molecule has 0 spiro atoms. The van der Waals surface area contributed by atoms with Crippen LogP contribution in [0, 0.1) is 6.92 Å². The number of thioether (sulfide) groups is 1. The second kappa shape index (κ2) is 9.86. The third-order valence-electron chi connectivity index (χ3n) is 4.39. The van der Waals surface area contributed by atoms with Crippen LogP contribution in [0.25, 0.3) is 0 Å². The fraction of sp³-hybridized carbons (Fsp3) is 0.286. The van der Waals surface area contributed by atoms with Crippen LogP contribution in [-0.2, 0) is 11.8 Å². The summed E-state index contributed by atoms with van der Waals surface area (Å²) in [6, 6.07) is 12.8. The molecule has 9 heteroatoms. The van der Waals surface area contributed by atoms with E-state index in [4.69, 9.17) is 21.1 Å². The van der Waals surface area contributed by atoms with Gasteiger partial charge in [0, 0.05) is 23.8 Å². The molecule has 1 unspecified atom stereocenters. The summed E-state index contributed by atoms with van der Waals surface area (Å²) < 4.78 is 13.0. The van der Waals surface area contributed by atoms with Gasteiger partial charge in [-0.25, -0.2) is 0 Å². The average Bonchev–Trinajstić information content (AvgIpc) is 3.10. The van der Waals surface area contributed by atoms with E-state index in [-0.39, 0.29) is 17.8 Å². The number of benzene rings is 2. The maximum absolute atomic E-state index is 12.3. The number of aromatic nitrogens is 3. The van der Waals surface area contributed by atoms with Gasteiger partial charge in [0.25, 0.3) is 0 Å². The molecule has 1 N–H and O–H groups in total. The van der Waals surface area contributed by atoms with Gasteiger partial charge in [-0.15, -0.1) is 10.2 Å². The summed E-state index contributed by atoms with van der Waals surface area (Å²) in [5, 5.41) is 12.5. The molecule has 0 saturated carbocycles. The molecule has 1 amide bonds. The number of carbonyl (C=O) groups is 1. The Morgan fingerprint density at radius 2 is 2.00 bits per heavy atom. The van der Waals surface area contributed by atoms with Crippen LogP contribution in [-0.4, -0.2) is 33.5 Å². The largest absolute Gasteiger partial charge is 0.497 e. The Balaban J connectivity index is 1.60. The van der Waals surface area contributed by atoms with Gasteiger partial charge in [0.1, 0.15) is 11.5 Å². The molecule has 0 bridgehead atoms. The highest BCUT2D eigenvalue weighted by atomic mass is 35.5. The predicted molar refractivity (Wildman–Crippen MR) is 119 cm³/mol. The minimum Gasteiger partial charge on any atom is -0.497 e. The first-order valence-corrected chi connectivity index (χ1v) is 10.6. The van der Waals surface area contributed by atoms with Crippen LogP contribution in [0.5, 0.6) is 11.5 Å². The van der Waals surface area contributed by atoms with Crippen molar-refractivity contribution >= 4 is 35.0 Å². The third-order valence-corrected chi connectivity index (χ3v) is 5.65. The van der Waals surface area contributed by atoms with Gasteiger partial charge in [-0.1, -0.05) is 35.5 Å². The second-order valence-corrected chi connectivity index (χ2v) is 8.01. The van der Waals surface area contributed by atoms with Gasteiger partial charge in [-0.2, -0.15) is 0 Å². The zero-order valence-electron chi connectivity index (χ0n) is 17.2. The smallest absolute Gasteiger partial charge is 0.234 e. The Bertz CT molecular complexity index is 1040. The maximum Gasteiger partial charge on any atom is 0.234 e. The maximum atomic E-state index is 12.3. The number of methoxy groups -OCH3 is 1. The molecule has 2 aromatic carbocycles. The van der Waals surface area contributed by atoms with E-state index in [9.17, 15) is 4.79 Å². The predicted octanol–water partition coefficient (Wildman–Crippen LogP) is 4.66. The molecule has 0 radical (unpaired) electrons. The highest BCUT2D eigenvalue weighted by Gasteiger charge is 2.18. The van der Waals surface area contributed by atoms with Gasteiger partial charge in [0.2, 0.25) is 5.91 Å². The molecule has 0 saturated heterocycles. The number of anilines is 1. The number of rotatable bonds is 8. The molecule has 7 nitrogen and oxygen atoms in total. The van der Waals surface area contributed by atoms with Gasteiger partial charge < -0.3 is 19.4 Å². The van der Waals surface area contributed by atoms with Crippen molar-refractivity contribution < 1.29 is 14.3 Å². The van der Waals surface area contributed by atoms with Crippen LogP contribution in [0.1, 0.15) is 24.4 Å². The van der Waals surface area contributed by atoms with Crippen molar-refractivity contribution in [2.24, 2.45) is 7.05 Å². The van der Waals surface area contributed by atoms with Crippen LogP contribution in [0.15, 0.2) is 47.6 Å². The lowest BCUT2D eigenvalue weighted by molar-refractivity contribution is -0.113. The first-order chi connectivity index (χ1) is 14.4. The van der Waals surface area contributed by atoms with Crippen LogP contribution in [0.2, 0.25) is 5.02 Å². The lowest BCUT2D eigenvalue weighted by Crippen LogP contribution is -2.15. The first-order valence-electron chi connectivity index (χ1n) is 9.26. The van der Waals surface area contributed by atoms with E-state index in [1.165, 1.54) is 11.8 Å². The van der Waals surface area contributed by atoms with Crippen molar-refractivity contribution in [3.63, 3.8) is 0 Å². The van der Waals surface area contributed by atoms with Crippen molar-refractivity contribution in [3.8, 4) is 11.5 Å². The van der Waals surface area contributed by atoms with Crippen molar-refractivity contribution in [3.05, 3.63) is 58.9 Å². The number of carbonyl (C=O) groups excluding carboxylic acids is 1. The zero-order valence-corrected chi connectivity index (χ0v) is 18.8. The summed E-state index contributed by atoms with van der Waals surface area (Å²) in [5.74, 6) is 2.11. The lowest BCUT2D eigenvalue weighted by atomic mass is 10.2. The first kappa shape index (κ1) is 22.0. The standard InChI is InChI=1S/C21H23ClN4O3S/c1-13-8-9-15(22)10-18(13)23-19(27)12-30-21-25-24-20(26(21)3)14(2)29-17-7-5-6-16(11-17)28-4/h5-11,14H,12H2,1-4H3,(H,23,27). The summed E-state index contributed by atoms with van der Waals surface area (Å²) in [5.41, 5.74) is 1.65. The molecule has 158 valence electrons. The van der Waals surface area contributed by atoms with E-state index in [2.05, 4.69) is 15.5 Å². The number of hydrogen-bond acceptors (Lipinski definition) is 6. The number of ether oxygens (including phenoxy) is 2. The normalized spacial score (nSPS) is 11.8. The Morgan fingerprint density at radius 3 is 2.77 bits per heavy atom. The van der Waals surface area contributed by atoms with E-state index in [0.717, 1.165) is 11.3 Å². The molecule has 30 heavy (non-hydrogen) atoms. The molecule has 0 aliphatic carbocycles. The van der Waals surface area contributed by atoms with Gasteiger partial charge in [-0.3, -0.25) is 4.79 Å². The number of nitrogens with one attached hydrogen (secondary N) is 1. The fourth-order valence-electron chi connectivity index (χ4n) is 2.78. The quantitative estimate of drug-likeness (QED) is 0.507. The van der Waals surface area contributed by atoms with E-state index in [0.29, 0.717) is 27.4 Å². The average molecular weight is 447 g/mol. The fourth-order valence-corrected chi connectivity index (χ4v) is 3.67. The highest BCUT2D eigenvalue weighted by Crippen LogP contribution is 2.26. The number of hydrogen-bond donors (Lipinski definition) is 1. The molecular weight excluding hydrogens is 424 g/mol. The number of aryl methyl sites for hydroxylation is 1. The number of amides is 1. The molecule has 1 heterocycles. The molecule has 0 fully saturated rings. The Morgan fingerprint density at radius 1 is 1.23 bits per heavy atom. The SMILES string of the molecule is COc1cccc(OC(C)c2nnc(SCC(=O)Nc3cc(Cl)ccc3C)n2C)c1. The molecule has 3 rings (SSSR count). The van der Waals surface area contributed by atoms with Crippen molar-refractivity contribution in [2.75, 3.05) is 18.2 Å². The molecule has 0 aliphatic heterocycles. The van der Waals surface area contributed by atoms with Gasteiger partial charge in [-0.05, 0) is 43.7 Å². The molecule has 3 aromatic rings. The van der Waals surface area contributed by atoms with E-state index < -0.39 is 0 Å². The van der Waals surface area contributed by atoms with Crippen LogP contribution < -0.4 is 14.8 Å². The van der Waals surface area contributed by atoms with Crippen LogP contribution >= 0.6 is 23.4 Å². The van der Waals surface area contributed by atoms with Crippen molar-refractivity contribution in [2.45, 2.75) is 25.1 Å². The zero-order chi connectivity index (χ0) is 21.7. The third kappa shape index (κ3) is 5.46. The Kier molecular flexibility index (Phi) is 7.23. The number of halogens is 1. The Hall–Kier alpha value is -2.71. The van der Waals surface area contributed by atoms with E-state index >= 15 is 0 Å².